The molecule has 0 amide bonds. The van der Waals surface area contributed by atoms with E-state index in [-0.39, 0.29) is 11.7 Å². The third kappa shape index (κ3) is 2.58. The van der Waals surface area contributed by atoms with E-state index in [1.54, 1.807) is 10.9 Å². The van der Waals surface area contributed by atoms with Crippen molar-refractivity contribution in [2.75, 3.05) is 0 Å². The Morgan fingerprint density at radius 3 is 2.60 bits per heavy atom. The molecule has 0 unspecified atom stereocenters. The van der Waals surface area contributed by atoms with Crippen molar-refractivity contribution in [3.63, 3.8) is 0 Å². The highest BCUT2D eigenvalue weighted by molar-refractivity contribution is 6.17. The van der Waals surface area contributed by atoms with Crippen LogP contribution in [0.2, 0.25) is 0 Å². The van der Waals surface area contributed by atoms with Crippen LogP contribution in [-0.4, -0.2) is 9.78 Å². The first-order valence-electron chi connectivity index (χ1n) is 6.22. The number of halogens is 2. The summed E-state index contributed by atoms with van der Waals surface area (Å²) in [5.41, 5.74) is 3.47. The first-order valence-corrected chi connectivity index (χ1v) is 6.75. The number of aromatic nitrogens is 2. The van der Waals surface area contributed by atoms with Gasteiger partial charge in [0.1, 0.15) is 5.82 Å². The van der Waals surface area contributed by atoms with Gasteiger partial charge in [0.2, 0.25) is 0 Å². The normalized spacial score (nSPS) is 10.7. The van der Waals surface area contributed by atoms with Crippen LogP contribution in [-0.2, 0) is 5.88 Å². The summed E-state index contributed by atoms with van der Waals surface area (Å²) in [4.78, 5) is 0. The first-order chi connectivity index (χ1) is 9.76. The molecule has 0 aliphatic carbocycles. The fourth-order valence-corrected chi connectivity index (χ4v) is 2.24. The van der Waals surface area contributed by atoms with Crippen molar-refractivity contribution in [2.24, 2.45) is 0 Å². The highest BCUT2D eigenvalue weighted by Crippen LogP contribution is 2.21. The molecule has 0 radical (unpaired) electrons. The minimum absolute atomic E-state index is 0.275. The average Bonchev–Trinajstić information content (AvgIpc) is 2.97. The van der Waals surface area contributed by atoms with Crippen molar-refractivity contribution >= 4 is 11.6 Å². The zero-order valence-corrected chi connectivity index (χ0v) is 11.4. The topological polar surface area (TPSA) is 17.8 Å². The molecule has 1 heterocycles. The van der Waals surface area contributed by atoms with Gasteiger partial charge in [-0.1, -0.05) is 30.3 Å². The number of rotatable bonds is 3. The molecule has 0 saturated heterocycles. The predicted molar refractivity (Wildman–Crippen MR) is 78.5 cm³/mol. The number of nitrogens with zero attached hydrogens (tertiary/aromatic N) is 2. The smallest absolute Gasteiger partial charge is 0.125 e. The zero-order chi connectivity index (χ0) is 13.9. The Hall–Kier alpha value is -2.13. The highest BCUT2D eigenvalue weighted by atomic mass is 35.5. The van der Waals surface area contributed by atoms with Crippen molar-refractivity contribution in [3.8, 4) is 16.8 Å². The zero-order valence-electron chi connectivity index (χ0n) is 10.6. The second kappa shape index (κ2) is 5.47. The molecule has 0 aliphatic rings. The molecular weight excluding hydrogens is 275 g/mol. The van der Waals surface area contributed by atoms with Gasteiger partial charge in [0.15, 0.2) is 0 Å². The summed E-state index contributed by atoms with van der Waals surface area (Å²) in [5.74, 6) is -0.0349. The molecule has 0 spiro atoms. The van der Waals surface area contributed by atoms with Gasteiger partial charge in [-0.15, -0.1) is 11.6 Å². The van der Waals surface area contributed by atoms with Crippen molar-refractivity contribution in [1.82, 2.24) is 9.78 Å². The molecule has 20 heavy (non-hydrogen) atoms. The van der Waals surface area contributed by atoms with E-state index in [1.165, 1.54) is 12.1 Å². The minimum atomic E-state index is -0.310. The van der Waals surface area contributed by atoms with Crippen LogP contribution >= 0.6 is 11.6 Å². The van der Waals surface area contributed by atoms with E-state index in [1.807, 2.05) is 42.6 Å². The Kier molecular flexibility index (Phi) is 3.52. The molecule has 3 aromatic rings. The van der Waals surface area contributed by atoms with Gasteiger partial charge in [0.05, 0.1) is 11.9 Å². The van der Waals surface area contributed by atoms with Crippen molar-refractivity contribution < 1.29 is 4.39 Å². The summed E-state index contributed by atoms with van der Waals surface area (Å²) < 4.78 is 15.2. The summed E-state index contributed by atoms with van der Waals surface area (Å²) in [7, 11) is 0. The Morgan fingerprint density at radius 1 is 1.05 bits per heavy atom. The van der Waals surface area contributed by atoms with Crippen LogP contribution < -0.4 is 0 Å². The standard InChI is InChI=1S/C16H12ClFN2/c17-9-12-6-15(18)8-16(7-12)20-11-14(10-19-20)13-4-2-1-3-5-13/h1-8,10-11H,9H2. The van der Waals surface area contributed by atoms with Crippen LogP contribution in [0, 0.1) is 5.82 Å². The van der Waals surface area contributed by atoms with Crippen LogP contribution in [0.25, 0.3) is 16.8 Å². The lowest BCUT2D eigenvalue weighted by Gasteiger charge is -2.04. The maximum Gasteiger partial charge on any atom is 0.125 e. The van der Waals surface area contributed by atoms with Gasteiger partial charge in [-0.25, -0.2) is 9.07 Å². The van der Waals surface area contributed by atoms with Crippen LogP contribution in [0.15, 0.2) is 60.9 Å². The van der Waals surface area contributed by atoms with Crippen LogP contribution in [0.3, 0.4) is 0 Å². The lowest BCUT2D eigenvalue weighted by Crippen LogP contribution is -1.96. The minimum Gasteiger partial charge on any atom is -0.240 e. The second-order valence-electron chi connectivity index (χ2n) is 4.49. The van der Waals surface area contributed by atoms with Crippen molar-refractivity contribution in [2.45, 2.75) is 5.88 Å². The summed E-state index contributed by atoms with van der Waals surface area (Å²) in [5, 5.41) is 4.29. The van der Waals surface area contributed by atoms with E-state index < -0.39 is 0 Å². The van der Waals surface area contributed by atoms with E-state index in [0.717, 1.165) is 16.7 Å². The molecule has 100 valence electrons. The summed E-state index contributed by atoms with van der Waals surface area (Å²) >= 11 is 5.76. The Bertz CT molecular complexity index is 722. The molecule has 0 N–H and O–H groups in total. The van der Waals surface area contributed by atoms with E-state index in [9.17, 15) is 4.39 Å². The van der Waals surface area contributed by atoms with Gasteiger partial charge < -0.3 is 0 Å². The van der Waals surface area contributed by atoms with Crippen molar-refractivity contribution in [3.05, 3.63) is 72.3 Å². The maximum absolute atomic E-state index is 13.5. The summed E-state index contributed by atoms with van der Waals surface area (Å²) in [6.07, 6.45) is 3.64. The lowest BCUT2D eigenvalue weighted by molar-refractivity contribution is 0.624. The molecule has 2 nitrogen and oxygen atoms in total. The van der Waals surface area contributed by atoms with Gasteiger partial charge in [0, 0.05) is 17.6 Å². The third-order valence-electron chi connectivity index (χ3n) is 3.05. The van der Waals surface area contributed by atoms with Gasteiger partial charge in [-0.3, -0.25) is 0 Å². The molecule has 0 saturated carbocycles. The molecular formula is C16H12ClFN2. The molecule has 2 aromatic carbocycles. The number of hydrogen-bond acceptors (Lipinski definition) is 1. The Morgan fingerprint density at radius 2 is 1.85 bits per heavy atom. The molecule has 0 atom stereocenters. The van der Waals surface area contributed by atoms with E-state index >= 15 is 0 Å². The van der Waals surface area contributed by atoms with Crippen LogP contribution in [0.5, 0.6) is 0 Å². The molecule has 0 aliphatic heterocycles. The van der Waals surface area contributed by atoms with Gasteiger partial charge >= 0.3 is 0 Å². The van der Waals surface area contributed by atoms with Gasteiger partial charge in [-0.2, -0.15) is 5.10 Å². The average molecular weight is 287 g/mol. The van der Waals surface area contributed by atoms with Crippen LogP contribution in [0.1, 0.15) is 5.56 Å². The number of benzene rings is 2. The molecule has 4 heteroatoms. The highest BCUT2D eigenvalue weighted by Gasteiger charge is 2.06. The monoisotopic (exact) mass is 286 g/mol. The SMILES string of the molecule is Fc1cc(CCl)cc(-n2cc(-c3ccccc3)cn2)c1. The largest absolute Gasteiger partial charge is 0.240 e. The third-order valence-corrected chi connectivity index (χ3v) is 3.36. The van der Waals surface area contributed by atoms with E-state index in [2.05, 4.69) is 5.10 Å². The van der Waals surface area contributed by atoms with Crippen LogP contribution in [0.4, 0.5) is 4.39 Å². The summed E-state index contributed by atoms with van der Waals surface area (Å²) in [6, 6.07) is 14.6. The number of alkyl halides is 1. The Labute approximate surface area is 121 Å². The van der Waals surface area contributed by atoms with Gasteiger partial charge in [0.25, 0.3) is 0 Å². The lowest BCUT2D eigenvalue weighted by atomic mass is 10.1. The van der Waals surface area contributed by atoms with Crippen molar-refractivity contribution in [1.29, 1.82) is 0 Å². The molecule has 3 rings (SSSR count). The molecule has 0 bridgehead atoms. The predicted octanol–water partition coefficient (Wildman–Crippen LogP) is 4.42. The maximum atomic E-state index is 13.5. The number of hydrogen-bond donors (Lipinski definition) is 0. The molecule has 1 aromatic heterocycles. The fraction of sp³-hybridized carbons (Fsp3) is 0.0625. The second-order valence-corrected chi connectivity index (χ2v) is 4.76. The quantitative estimate of drug-likeness (QED) is 0.652. The first kappa shape index (κ1) is 12.9. The molecule has 0 fully saturated rings. The van der Waals surface area contributed by atoms with E-state index in [4.69, 9.17) is 11.6 Å². The Balaban J connectivity index is 2.00. The fourth-order valence-electron chi connectivity index (χ4n) is 2.09. The van der Waals surface area contributed by atoms with Gasteiger partial charge in [-0.05, 0) is 29.3 Å². The van der Waals surface area contributed by atoms with E-state index in [0.29, 0.717) is 5.69 Å². The summed E-state index contributed by atoms with van der Waals surface area (Å²) in [6.45, 7) is 0.